The molecule has 0 aliphatic carbocycles. The Hall–Kier alpha value is -2.46. The molecule has 5 rings (SSSR count). The lowest BCUT2D eigenvalue weighted by molar-refractivity contribution is -0.129. The Morgan fingerprint density at radius 1 is 1.04 bits per heavy atom. The number of amides is 1. The molecule has 2 aromatic rings. The molecule has 2 aromatic carbocycles. The Bertz CT molecular complexity index is 847. The number of epoxide rings is 1. The van der Waals surface area contributed by atoms with Gasteiger partial charge in [0.1, 0.15) is 12.2 Å². The minimum absolute atomic E-state index is 0.0262. The largest absolute Gasteiger partial charge is 0.363 e. The third-order valence-corrected chi connectivity index (χ3v) is 5.37. The molecule has 4 atom stereocenters. The van der Waals surface area contributed by atoms with Gasteiger partial charge in [0.05, 0.1) is 6.04 Å². The van der Waals surface area contributed by atoms with Crippen LogP contribution in [0.15, 0.2) is 54.6 Å². The normalized spacial score (nSPS) is 32.4. The number of carbonyl (C=O) groups is 2. The number of rotatable bonds is 2. The highest BCUT2D eigenvalue weighted by molar-refractivity contribution is 6.03. The van der Waals surface area contributed by atoms with Gasteiger partial charge < -0.3 is 9.64 Å². The number of carbonyl (C=O) groups excluding carboxylic acids is 2. The van der Waals surface area contributed by atoms with E-state index in [0.29, 0.717) is 5.56 Å². The SMILES string of the molecule is CC(=O)C12c3ccccc3C(C3OC31)N2C(=O)c1ccccc1. The zero-order valence-corrected chi connectivity index (χ0v) is 12.6. The smallest absolute Gasteiger partial charge is 0.255 e. The van der Waals surface area contributed by atoms with E-state index < -0.39 is 5.54 Å². The van der Waals surface area contributed by atoms with Crippen molar-refractivity contribution >= 4 is 11.7 Å². The van der Waals surface area contributed by atoms with E-state index >= 15 is 0 Å². The van der Waals surface area contributed by atoms with Crippen LogP contribution in [-0.2, 0) is 15.1 Å². The molecular formula is C19H15NO3. The van der Waals surface area contributed by atoms with Crippen molar-refractivity contribution in [1.82, 2.24) is 4.90 Å². The highest BCUT2D eigenvalue weighted by atomic mass is 16.6. The number of benzene rings is 2. The molecule has 2 bridgehead atoms. The zero-order valence-electron chi connectivity index (χ0n) is 12.6. The van der Waals surface area contributed by atoms with Crippen molar-refractivity contribution in [3.05, 3.63) is 71.3 Å². The van der Waals surface area contributed by atoms with Crippen LogP contribution < -0.4 is 0 Å². The number of Topliss-reactive ketones (excluding diaryl/α,β-unsaturated/α-hetero) is 1. The van der Waals surface area contributed by atoms with E-state index in [1.54, 1.807) is 24.0 Å². The van der Waals surface area contributed by atoms with E-state index in [9.17, 15) is 9.59 Å². The van der Waals surface area contributed by atoms with E-state index in [1.165, 1.54) is 0 Å². The van der Waals surface area contributed by atoms with Crippen LogP contribution in [0.4, 0.5) is 0 Å². The molecule has 23 heavy (non-hydrogen) atoms. The molecule has 2 fully saturated rings. The molecular weight excluding hydrogens is 290 g/mol. The molecule has 0 radical (unpaired) electrons. The van der Waals surface area contributed by atoms with Crippen LogP contribution >= 0.6 is 0 Å². The predicted molar refractivity (Wildman–Crippen MR) is 82.8 cm³/mol. The standard InChI is InChI=1S/C19H15NO3/c1-11(21)19-14-10-6-5-9-13(14)15(16-17(19)23-16)20(19)18(22)12-7-3-2-4-8-12/h2-10,15-17H,1H3. The number of hydrogen-bond donors (Lipinski definition) is 0. The van der Waals surface area contributed by atoms with E-state index in [-0.39, 0.29) is 29.9 Å². The average Bonchev–Trinajstić information content (AvgIpc) is 3.25. The first kappa shape index (κ1) is 13.0. The second-order valence-corrected chi connectivity index (χ2v) is 6.42. The van der Waals surface area contributed by atoms with Crippen molar-refractivity contribution in [3.63, 3.8) is 0 Å². The van der Waals surface area contributed by atoms with Crippen LogP contribution in [0.5, 0.6) is 0 Å². The van der Waals surface area contributed by atoms with Crippen molar-refractivity contribution in [3.8, 4) is 0 Å². The third-order valence-electron chi connectivity index (χ3n) is 5.37. The van der Waals surface area contributed by atoms with Gasteiger partial charge in [-0.05, 0) is 30.2 Å². The van der Waals surface area contributed by atoms with Crippen molar-refractivity contribution in [2.24, 2.45) is 0 Å². The lowest BCUT2D eigenvalue weighted by Gasteiger charge is -2.35. The van der Waals surface area contributed by atoms with Gasteiger partial charge in [-0.15, -0.1) is 0 Å². The van der Waals surface area contributed by atoms with Crippen LogP contribution in [0, 0.1) is 0 Å². The molecule has 0 spiro atoms. The molecule has 3 aliphatic rings. The van der Waals surface area contributed by atoms with Crippen molar-refractivity contribution in [2.45, 2.75) is 30.7 Å². The van der Waals surface area contributed by atoms with Gasteiger partial charge in [0.15, 0.2) is 11.3 Å². The second-order valence-electron chi connectivity index (χ2n) is 6.42. The Morgan fingerprint density at radius 2 is 1.74 bits per heavy atom. The van der Waals surface area contributed by atoms with E-state index in [0.717, 1.165) is 11.1 Å². The van der Waals surface area contributed by atoms with E-state index in [4.69, 9.17) is 4.74 Å². The summed E-state index contributed by atoms with van der Waals surface area (Å²) in [5, 5.41) is 0. The Kier molecular flexibility index (Phi) is 2.31. The maximum atomic E-state index is 13.2. The van der Waals surface area contributed by atoms with Gasteiger partial charge in [-0.1, -0.05) is 42.5 Å². The number of fused-ring (bicyclic) bond motifs is 8. The second kappa shape index (κ2) is 4.09. The topological polar surface area (TPSA) is 49.9 Å². The highest BCUT2D eigenvalue weighted by Gasteiger charge is 2.78. The summed E-state index contributed by atoms with van der Waals surface area (Å²) in [5.74, 6) is -0.125. The lowest BCUT2D eigenvalue weighted by atomic mass is 9.79. The average molecular weight is 305 g/mol. The predicted octanol–water partition coefficient (Wildman–Crippen LogP) is 2.45. The molecule has 3 heterocycles. The van der Waals surface area contributed by atoms with E-state index in [2.05, 4.69) is 0 Å². The van der Waals surface area contributed by atoms with Crippen molar-refractivity contribution < 1.29 is 14.3 Å². The number of nitrogens with zero attached hydrogens (tertiary/aromatic N) is 1. The van der Waals surface area contributed by atoms with Crippen molar-refractivity contribution in [1.29, 1.82) is 0 Å². The fourth-order valence-electron chi connectivity index (χ4n) is 4.47. The first-order valence-electron chi connectivity index (χ1n) is 7.82. The number of morpholine rings is 1. The first-order valence-corrected chi connectivity index (χ1v) is 7.82. The van der Waals surface area contributed by atoms with Gasteiger partial charge in [-0.2, -0.15) is 0 Å². The molecule has 0 aromatic heterocycles. The van der Waals surface area contributed by atoms with Gasteiger partial charge >= 0.3 is 0 Å². The fourth-order valence-corrected chi connectivity index (χ4v) is 4.47. The molecule has 114 valence electrons. The van der Waals surface area contributed by atoms with E-state index in [1.807, 2.05) is 42.5 Å². The number of hydrogen-bond acceptors (Lipinski definition) is 3. The Labute approximate surface area is 133 Å². The van der Waals surface area contributed by atoms with Crippen LogP contribution in [0.25, 0.3) is 0 Å². The van der Waals surface area contributed by atoms with Crippen molar-refractivity contribution in [2.75, 3.05) is 0 Å². The summed E-state index contributed by atoms with van der Waals surface area (Å²) < 4.78 is 5.79. The molecule has 4 heteroatoms. The highest BCUT2D eigenvalue weighted by Crippen LogP contribution is 2.66. The Morgan fingerprint density at radius 3 is 2.48 bits per heavy atom. The third kappa shape index (κ3) is 1.36. The summed E-state index contributed by atoms with van der Waals surface area (Å²) in [6.07, 6.45) is -0.256. The summed E-state index contributed by atoms with van der Waals surface area (Å²) in [6.45, 7) is 1.56. The van der Waals surface area contributed by atoms with Gasteiger partial charge in [0.2, 0.25) is 0 Å². The maximum absolute atomic E-state index is 13.2. The molecule has 4 nitrogen and oxygen atoms in total. The minimum Gasteiger partial charge on any atom is -0.363 e. The summed E-state index contributed by atoms with van der Waals surface area (Å²) in [5.41, 5.74) is 1.63. The Balaban J connectivity index is 1.73. The van der Waals surface area contributed by atoms with Crippen LogP contribution in [0.1, 0.15) is 34.5 Å². The van der Waals surface area contributed by atoms with Gasteiger partial charge in [0, 0.05) is 5.56 Å². The summed E-state index contributed by atoms with van der Waals surface area (Å²) in [4.78, 5) is 27.6. The number of ether oxygens (including phenoxy) is 1. The number of ketones is 1. The van der Waals surface area contributed by atoms with Crippen LogP contribution in [-0.4, -0.2) is 28.8 Å². The summed E-state index contributed by atoms with van der Waals surface area (Å²) in [6, 6.07) is 16.8. The minimum atomic E-state index is -0.959. The molecule has 2 saturated heterocycles. The van der Waals surface area contributed by atoms with Crippen LogP contribution in [0.2, 0.25) is 0 Å². The van der Waals surface area contributed by atoms with Crippen LogP contribution in [0.3, 0.4) is 0 Å². The summed E-state index contributed by atoms with van der Waals surface area (Å²) >= 11 is 0. The summed E-state index contributed by atoms with van der Waals surface area (Å²) in [7, 11) is 0. The fraction of sp³-hybridized carbons (Fsp3) is 0.263. The van der Waals surface area contributed by atoms with Gasteiger partial charge in [-0.3, -0.25) is 9.59 Å². The van der Waals surface area contributed by atoms with Gasteiger partial charge in [-0.25, -0.2) is 0 Å². The quantitative estimate of drug-likeness (QED) is 0.801. The molecule has 4 unspecified atom stereocenters. The molecule has 0 N–H and O–H groups in total. The maximum Gasteiger partial charge on any atom is 0.255 e. The monoisotopic (exact) mass is 305 g/mol. The van der Waals surface area contributed by atoms with Gasteiger partial charge in [0.25, 0.3) is 5.91 Å². The first-order chi connectivity index (χ1) is 11.2. The molecule has 0 saturated carbocycles. The molecule has 3 aliphatic heterocycles. The zero-order chi connectivity index (χ0) is 15.8. The molecule has 1 amide bonds. The lowest BCUT2D eigenvalue weighted by Crippen LogP contribution is -2.51.